The molecule has 0 fully saturated rings. The molecule has 0 amide bonds. The molecule has 5 nitrogen and oxygen atoms in total. The number of fused-ring (bicyclic) bond motifs is 1. The summed E-state index contributed by atoms with van der Waals surface area (Å²) in [4.78, 5) is 19.0. The molecule has 22 heavy (non-hydrogen) atoms. The van der Waals surface area contributed by atoms with Crippen molar-refractivity contribution in [3.05, 3.63) is 70.3 Å². The molecule has 0 radical (unpaired) electrons. The van der Waals surface area contributed by atoms with Crippen molar-refractivity contribution in [1.82, 2.24) is 9.97 Å². The second-order valence-corrected chi connectivity index (χ2v) is 4.70. The maximum absolute atomic E-state index is 12.1. The normalized spacial score (nSPS) is 11.3. The maximum Gasteiger partial charge on any atom is 0.259 e. The van der Waals surface area contributed by atoms with E-state index in [0.717, 1.165) is 0 Å². The highest BCUT2D eigenvalue weighted by Crippen LogP contribution is 2.18. The number of phenolic OH excluding ortho intramolecular Hbond substituents is 1. The van der Waals surface area contributed by atoms with Crippen molar-refractivity contribution < 1.29 is 5.11 Å². The van der Waals surface area contributed by atoms with E-state index in [1.54, 1.807) is 48.5 Å². The molecule has 0 aliphatic rings. The van der Waals surface area contributed by atoms with Gasteiger partial charge in [0.25, 0.3) is 5.56 Å². The van der Waals surface area contributed by atoms with Gasteiger partial charge in [-0.1, -0.05) is 24.3 Å². The van der Waals surface area contributed by atoms with E-state index in [4.69, 9.17) is 0 Å². The third-order valence-electron chi connectivity index (χ3n) is 3.17. The van der Waals surface area contributed by atoms with E-state index in [9.17, 15) is 15.2 Å². The molecule has 0 bridgehead atoms. The van der Waals surface area contributed by atoms with Gasteiger partial charge in [0.2, 0.25) is 0 Å². The van der Waals surface area contributed by atoms with Gasteiger partial charge in [-0.25, -0.2) is 4.98 Å². The Morgan fingerprint density at radius 1 is 1.23 bits per heavy atom. The monoisotopic (exact) mass is 289 g/mol. The number of nitrogens with zero attached hydrogens (tertiary/aromatic N) is 2. The topological polar surface area (TPSA) is 89.8 Å². The number of hydrogen-bond donors (Lipinski definition) is 2. The molecule has 0 spiro atoms. The first-order chi connectivity index (χ1) is 10.7. The maximum atomic E-state index is 12.1. The summed E-state index contributed by atoms with van der Waals surface area (Å²) in [6, 6.07) is 15.4. The zero-order valence-electron chi connectivity index (χ0n) is 11.4. The largest absolute Gasteiger partial charge is 0.508 e. The number of benzene rings is 2. The van der Waals surface area contributed by atoms with Crippen LogP contribution in [0, 0.1) is 11.3 Å². The van der Waals surface area contributed by atoms with Crippen LogP contribution in [-0.2, 0) is 0 Å². The van der Waals surface area contributed by atoms with Crippen LogP contribution in [0.1, 0.15) is 11.4 Å². The molecule has 1 heterocycles. The number of allylic oxidation sites excluding steroid dienone is 1. The fraction of sp³-hybridized carbons (Fsp3) is 0. The average molecular weight is 289 g/mol. The molecule has 106 valence electrons. The van der Waals surface area contributed by atoms with Crippen LogP contribution in [0.15, 0.2) is 53.3 Å². The fourth-order valence-corrected chi connectivity index (χ4v) is 2.15. The van der Waals surface area contributed by atoms with Gasteiger partial charge in [0.05, 0.1) is 16.5 Å². The summed E-state index contributed by atoms with van der Waals surface area (Å²) >= 11 is 0. The molecule has 3 rings (SSSR count). The molecule has 2 N–H and O–H groups in total. The summed E-state index contributed by atoms with van der Waals surface area (Å²) < 4.78 is 0. The van der Waals surface area contributed by atoms with Crippen LogP contribution in [0.5, 0.6) is 5.75 Å². The number of nitriles is 1. The standard InChI is InChI=1S/C17H11N3O2/c18-10-12(8-11-4-3-5-13(21)9-11)16-19-15-7-2-1-6-14(15)17(22)20-16/h1-9,21H,(H,19,20,22)/b12-8+. The summed E-state index contributed by atoms with van der Waals surface area (Å²) in [5.41, 5.74) is 1.09. The smallest absolute Gasteiger partial charge is 0.259 e. The van der Waals surface area contributed by atoms with E-state index in [-0.39, 0.29) is 22.7 Å². The average Bonchev–Trinajstić information content (AvgIpc) is 2.52. The van der Waals surface area contributed by atoms with E-state index in [1.807, 2.05) is 6.07 Å². The summed E-state index contributed by atoms with van der Waals surface area (Å²) in [7, 11) is 0. The lowest BCUT2D eigenvalue weighted by Gasteiger charge is -2.02. The molecule has 0 saturated heterocycles. The lowest BCUT2D eigenvalue weighted by molar-refractivity contribution is 0.475. The SMILES string of the molecule is N#C/C(=C\c1cccc(O)c1)c1nc2ccccc2c(=O)[nH]1. The molecule has 2 aromatic carbocycles. The van der Waals surface area contributed by atoms with Crippen molar-refractivity contribution in [3.8, 4) is 11.8 Å². The predicted molar refractivity (Wildman–Crippen MR) is 84.0 cm³/mol. The third kappa shape index (κ3) is 2.58. The van der Waals surface area contributed by atoms with Gasteiger partial charge in [0, 0.05) is 0 Å². The minimum absolute atomic E-state index is 0.103. The Morgan fingerprint density at radius 2 is 2.05 bits per heavy atom. The molecule has 1 aromatic heterocycles. The Balaban J connectivity index is 2.16. The zero-order valence-corrected chi connectivity index (χ0v) is 11.4. The Kier molecular flexibility index (Phi) is 3.42. The van der Waals surface area contributed by atoms with E-state index < -0.39 is 0 Å². The minimum atomic E-state index is -0.294. The number of aromatic amines is 1. The Morgan fingerprint density at radius 3 is 2.82 bits per heavy atom. The first-order valence-electron chi connectivity index (χ1n) is 6.57. The van der Waals surface area contributed by atoms with Crippen LogP contribution in [0.3, 0.4) is 0 Å². The second-order valence-electron chi connectivity index (χ2n) is 4.70. The van der Waals surface area contributed by atoms with Gasteiger partial charge < -0.3 is 10.1 Å². The molecule has 0 saturated carbocycles. The van der Waals surface area contributed by atoms with Gasteiger partial charge in [-0.2, -0.15) is 5.26 Å². The van der Waals surface area contributed by atoms with Crippen LogP contribution < -0.4 is 5.56 Å². The highest BCUT2D eigenvalue weighted by molar-refractivity contribution is 5.89. The van der Waals surface area contributed by atoms with E-state index in [0.29, 0.717) is 16.5 Å². The van der Waals surface area contributed by atoms with Gasteiger partial charge in [-0.15, -0.1) is 0 Å². The van der Waals surface area contributed by atoms with Crippen LogP contribution in [0.4, 0.5) is 0 Å². The number of para-hydroxylation sites is 1. The van der Waals surface area contributed by atoms with Crippen molar-refractivity contribution in [3.63, 3.8) is 0 Å². The van der Waals surface area contributed by atoms with Gasteiger partial charge in [-0.05, 0) is 35.9 Å². The van der Waals surface area contributed by atoms with E-state index >= 15 is 0 Å². The summed E-state index contributed by atoms with van der Waals surface area (Å²) in [6.45, 7) is 0. The lowest BCUT2D eigenvalue weighted by Crippen LogP contribution is -2.11. The Hall–Kier alpha value is -3.39. The van der Waals surface area contributed by atoms with Crippen molar-refractivity contribution in [2.45, 2.75) is 0 Å². The predicted octanol–water partition coefficient (Wildman–Crippen LogP) is 2.69. The lowest BCUT2D eigenvalue weighted by atomic mass is 10.1. The number of H-pyrrole nitrogens is 1. The first-order valence-corrected chi connectivity index (χ1v) is 6.57. The van der Waals surface area contributed by atoms with Gasteiger partial charge in [-0.3, -0.25) is 4.79 Å². The number of aromatic nitrogens is 2. The molecular formula is C17H11N3O2. The van der Waals surface area contributed by atoms with Crippen LogP contribution in [0.25, 0.3) is 22.6 Å². The van der Waals surface area contributed by atoms with Crippen molar-refractivity contribution >= 4 is 22.6 Å². The van der Waals surface area contributed by atoms with E-state index in [1.165, 1.54) is 6.07 Å². The summed E-state index contributed by atoms with van der Waals surface area (Å²) in [6.07, 6.45) is 1.56. The molecule has 5 heteroatoms. The number of hydrogen-bond acceptors (Lipinski definition) is 4. The van der Waals surface area contributed by atoms with Crippen LogP contribution in [0.2, 0.25) is 0 Å². The molecule has 0 atom stereocenters. The fourth-order valence-electron chi connectivity index (χ4n) is 2.15. The summed E-state index contributed by atoms with van der Waals surface area (Å²) in [5.74, 6) is 0.306. The van der Waals surface area contributed by atoms with Gasteiger partial charge in [0.1, 0.15) is 11.8 Å². The Bertz CT molecular complexity index is 981. The van der Waals surface area contributed by atoms with Crippen molar-refractivity contribution in [1.29, 1.82) is 5.26 Å². The van der Waals surface area contributed by atoms with Crippen LogP contribution in [-0.4, -0.2) is 15.1 Å². The first kappa shape index (κ1) is 13.6. The molecule has 0 aliphatic heterocycles. The number of aromatic hydroxyl groups is 1. The van der Waals surface area contributed by atoms with Gasteiger partial charge >= 0.3 is 0 Å². The van der Waals surface area contributed by atoms with E-state index in [2.05, 4.69) is 9.97 Å². The summed E-state index contributed by atoms with van der Waals surface area (Å²) in [5, 5.41) is 19.3. The number of nitrogens with one attached hydrogen (secondary N) is 1. The minimum Gasteiger partial charge on any atom is -0.508 e. The third-order valence-corrected chi connectivity index (χ3v) is 3.17. The molecule has 0 aliphatic carbocycles. The molecule has 3 aromatic rings. The van der Waals surface area contributed by atoms with Gasteiger partial charge in [0.15, 0.2) is 5.82 Å². The highest BCUT2D eigenvalue weighted by atomic mass is 16.3. The molecular weight excluding hydrogens is 278 g/mol. The number of rotatable bonds is 2. The number of phenols is 1. The Labute approximate surface area is 125 Å². The zero-order chi connectivity index (χ0) is 15.5. The van der Waals surface area contributed by atoms with Crippen LogP contribution >= 0.6 is 0 Å². The second kappa shape index (κ2) is 5.54. The molecule has 0 unspecified atom stereocenters. The van der Waals surface area contributed by atoms with Crippen molar-refractivity contribution in [2.24, 2.45) is 0 Å². The quantitative estimate of drug-likeness (QED) is 0.710. The highest BCUT2D eigenvalue weighted by Gasteiger charge is 2.08. The van der Waals surface area contributed by atoms with Crippen molar-refractivity contribution in [2.75, 3.05) is 0 Å².